The lowest BCUT2D eigenvalue weighted by Gasteiger charge is -2.15. The molecule has 4 heteroatoms. The van der Waals surface area contributed by atoms with Gasteiger partial charge in [-0.3, -0.25) is 0 Å². The number of ether oxygens (including phenoxy) is 1. The average molecular weight is 254 g/mol. The number of benzene rings is 1. The van der Waals surface area contributed by atoms with Crippen LogP contribution in [-0.2, 0) is 9.53 Å². The first-order valence-electron chi connectivity index (χ1n) is 6.10. The summed E-state index contributed by atoms with van der Waals surface area (Å²) in [6.07, 6.45) is 0.277. The van der Waals surface area contributed by atoms with Gasteiger partial charge in [-0.25, -0.2) is 9.18 Å². The van der Waals surface area contributed by atoms with Crippen molar-refractivity contribution in [2.75, 3.05) is 7.11 Å². The fourth-order valence-corrected chi connectivity index (χ4v) is 2.02. The van der Waals surface area contributed by atoms with E-state index in [0.29, 0.717) is 5.56 Å². The van der Waals surface area contributed by atoms with Crippen molar-refractivity contribution in [3.05, 3.63) is 35.1 Å². The lowest BCUT2D eigenvalue weighted by atomic mass is 9.92. The highest BCUT2D eigenvalue weighted by Gasteiger charge is 2.20. The van der Waals surface area contributed by atoms with Crippen LogP contribution in [0.5, 0.6) is 0 Å². The molecule has 0 bridgehead atoms. The maximum Gasteiger partial charge on any atom is 0.339 e. The predicted octanol–water partition coefficient (Wildman–Crippen LogP) is 2.94. The van der Waals surface area contributed by atoms with E-state index >= 15 is 0 Å². The minimum absolute atomic E-state index is 0.161. The largest absolute Gasteiger partial charge is 0.467 e. The van der Waals surface area contributed by atoms with Crippen LogP contribution in [0, 0.1) is 5.82 Å². The molecule has 0 fully saturated rings. The minimum Gasteiger partial charge on any atom is -0.467 e. The molecule has 100 valence electrons. The van der Waals surface area contributed by atoms with Crippen LogP contribution < -0.4 is 0 Å². The number of aliphatic hydroxyl groups is 1. The van der Waals surface area contributed by atoms with E-state index < -0.39 is 12.1 Å². The summed E-state index contributed by atoms with van der Waals surface area (Å²) < 4.78 is 18.4. The predicted molar refractivity (Wildman–Crippen MR) is 66.7 cm³/mol. The molecule has 1 aromatic rings. The minimum atomic E-state index is -1.43. The first-order chi connectivity index (χ1) is 8.54. The summed E-state index contributed by atoms with van der Waals surface area (Å²) in [5.74, 6) is -1.01. The van der Waals surface area contributed by atoms with Gasteiger partial charge in [0, 0.05) is 0 Å². The highest BCUT2D eigenvalue weighted by Crippen LogP contribution is 2.27. The normalized spacial score (nSPS) is 12.6. The number of carbonyl (C=O) groups is 1. The van der Waals surface area contributed by atoms with Crippen molar-refractivity contribution in [3.8, 4) is 0 Å². The average Bonchev–Trinajstić information content (AvgIpc) is 2.40. The number of hydrogen-bond acceptors (Lipinski definition) is 3. The third-order valence-corrected chi connectivity index (χ3v) is 3.19. The summed E-state index contributed by atoms with van der Waals surface area (Å²) in [6, 6.07) is 4.40. The smallest absolute Gasteiger partial charge is 0.339 e. The molecule has 1 unspecified atom stereocenters. The number of aliphatic hydroxyl groups excluding tert-OH is 1. The van der Waals surface area contributed by atoms with Gasteiger partial charge in [0.15, 0.2) is 6.10 Å². The second-order valence-electron chi connectivity index (χ2n) is 4.22. The number of halogens is 1. The molecular formula is C14H19FO3. The second-order valence-corrected chi connectivity index (χ2v) is 4.22. The molecule has 1 rings (SSSR count). The van der Waals surface area contributed by atoms with Crippen molar-refractivity contribution in [1.29, 1.82) is 0 Å². The van der Waals surface area contributed by atoms with E-state index in [0.717, 1.165) is 12.8 Å². The monoisotopic (exact) mass is 254 g/mol. The molecule has 3 nitrogen and oxygen atoms in total. The van der Waals surface area contributed by atoms with E-state index in [1.807, 2.05) is 13.8 Å². The van der Waals surface area contributed by atoms with E-state index in [4.69, 9.17) is 0 Å². The van der Waals surface area contributed by atoms with Crippen LogP contribution in [0.1, 0.15) is 49.8 Å². The van der Waals surface area contributed by atoms with Crippen molar-refractivity contribution < 1.29 is 19.0 Å². The van der Waals surface area contributed by atoms with E-state index in [1.165, 1.54) is 13.2 Å². The first kappa shape index (κ1) is 14.6. The number of rotatable bonds is 5. The van der Waals surface area contributed by atoms with E-state index in [-0.39, 0.29) is 17.3 Å². The summed E-state index contributed by atoms with van der Waals surface area (Å²) >= 11 is 0. The molecule has 1 aromatic carbocycles. The molecule has 0 spiro atoms. The standard InChI is InChI=1S/C14H19FO3/c1-4-9(5-2)11-7-6-10(8-12(11)15)13(16)14(17)18-3/h6-9,13,16H,4-5H2,1-3H3. The van der Waals surface area contributed by atoms with Gasteiger partial charge in [0.1, 0.15) is 5.82 Å². The molecule has 1 atom stereocenters. The van der Waals surface area contributed by atoms with Crippen molar-refractivity contribution in [2.45, 2.75) is 38.7 Å². The fourth-order valence-electron chi connectivity index (χ4n) is 2.02. The summed E-state index contributed by atoms with van der Waals surface area (Å²) in [5, 5.41) is 9.62. The molecule has 0 aromatic heterocycles. The second kappa shape index (κ2) is 6.50. The van der Waals surface area contributed by atoms with Crippen LogP contribution in [0.15, 0.2) is 18.2 Å². The topological polar surface area (TPSA) is 46.5 Å². The Labute approximate surface area is 107 Å². The number of carbonyl (C=O) groups excluding carboxylic acids is 1. The summed E-state index contributed by atoms with van der Waals surface area (Å²) in [7, 11) is 1.18. The van der Waals surface area contributed by atoms with Crippen LogP contribution in [0.3, 0.4) is 0 Å². The van der Waals surface area contributed by atoms with E-state index in [1.54, 1.807) is 12.1 Å². The molecule has 0 radical (unpaired) electrons. The maximum absolute atomic E-state index is 13.9. The van der Waals surface area contributed by atoms with Crippen molar-refractivity contribution in [1.82, 2.24) is 0 Å². The Bertz CT molecular complexity index is 414. The molecule has 0 saturated heterocycles. The van der Waals surface area contributed by atoms with E-state index in [2.05, 4.69) is 4.74 Å². The Balaban J connectivity index is 3.02. The first-order valence-corrected chi connectivity index (χ1v) is 6.10. The van der Waals surface area contributed by atoms with Gasteiger partial charge in [-0.05, 0) is 36.0 Å². The lowest BCUT2D eigenvalue weighted by molar-refractivity contribution is -0.150. The van der Waals surface area contributed by atoms with Gasteiger partial charge in [0.25, 0.3) is 0 Å². The van der Waals surface area contributed by atoms with Crippen LogP contribution in [0.25, 0.3) is 0 Å². The Morgan fingerprint density at radius 1 is 1.39 bits per heavy atom. The Morgan fingerprint density at radius 3 is 2.44 bits per heavy atom. The van der Waals surface area contributed by atoms with Crippen molar-refractivity contribution in [3.63, 3.8) is 0 Å². The quantitative estimate of drug-likeness (QED) is 0.822. The van der Waals surface area contributed by atoms with E-state index in [9.17, 15) is 14.3 Å². The van der Waals surface area contributed by atoms with Gasteiger partial charge in [0.2, 0.25) is 0 Å². The zero-order valence-electron chi connectivity index (χ0n) is 10.9. The SMILES string of the molecule is CCC(CC)c1ccc(C(O)C(=O)OC)cc1F. The van der Waals surface area contributed by atoms with Gasteiger partial charge in [-0.1, -0.05) is 26.0 Å². The zero-order valence-corrected chi connectivity index (χ0v) is 10.9. The highest BCUT2D eigenvalue weighted by atomic mass is 19.1. The maximum atomic E-state index is 13.9. The van der Waals surface area contributed by atoms with Gasteiger partial charge in [-0.15, -0.1) is 0 Å². The van der Waals surface area contributed by atoms with Crippen LogP contribution in [0.4, 0.5) is 4.39 Å². The summed E-state index contributed by atoms with van der Waals surface area (Å²) in [4.78, 5) is 11.2. The molecule has 18 heavy (non-hydrogen) atoms. The number of hydrogen-bond donors (Lipinski definition) is 1. The van der Waals surface area contributed by atoms with Gasteiger partial charge >= 0.3 is 5.97 Å². The molecule has 0 aliphatic carbocycles. The summed E-state index contributed by atoms with van der Waals surface area (Å²) in [6.45, 7) is 4.01. The zero-order chi connectivity index (χ0) is 13.7. The Kier molecular flexibility index (Phi) is 5.28. The van der Waals surface area contributed by atoms with Gasteiger partial charge in [0.05, 0.1) is 7.11 Å². The molecule has 0 amide bonds. The molecule has 0 heterocycles. The van der Waals surface area contributed by atoms with Crippen molar-refractivity contribution >= 4 is 5.97 Å². The highest BCUT2D eigenvalue weighted by molar-refractivity contribution is 5.76. The molecule has 0 saturated carbocycles. The Morgan fingerprint density at radius 2 is 2.00 bits per heavy atom. The molecular weight excluding hydrogens is 235 g/mol. The van der Waals surface area contributed by atoms with Crippen LogP contribution in [-0.4, -0.2) is 18.2 Å². The molecule has 0 aliphatic rings. The van der Waals surface area contributed by atoms with Crippen molar-refractivity contribution in [2.24, 2.45) is 0 Å². The van der Waals surface area contributed by atoms with Crippen LogP contribution >= 0.6 is 0 Å². The Hall–Kier alpha value is -1.42. The van der Waals surface area contributed by atoms with Gasteiger partial charge in [-0.2, -0.15) is 0 Å². The lowest BCUT2D eigenvalue weighted by Crippen LogP contribution is -2.14. The third kappa shape index (κ3) is 3.07. The fraction of sp³-hybridized carbons (Fsp3) is 0.500. The number of methoxy groups -OCH3 is 1. The number of esters is 1. The van der Waals surface area contributed by atoms with Gasteiger partial charge < -0.3 is 9.84 Å². The molecule has 0 aliphatic heterocycles. The third-order valence-electron chi connectivity index (χ3n) is 3.19. The summed E-state index contributed by atoms with van der Waals surface area (Å²) in [5.41, 5.74) is 0.842. The van der Waals surface area contributed by atoms with Crippen LogP contribution in [0.2, 0.25) is 0 Å². The molecule has 1 N–H and O–H groups in total.